The zero-order valence-electron chi connectivity index (χ0n) is 7.65. The molecule has 1 aliphatic heterocycles. The van der Waals surface area contributed by atoms with E-state index in [9.17, 15) is 8.42 Å². The lowest BCUT2D eigenvalue weighted by molar-refractivity contribution is 0.543. The van der Waals surface area contributed by atoms with Gasteiger partial charge in [-0.3, -0.25) is 0 Å². The predicted molar refractivity (Wildman–Crippen MR) is 49.8 cm³/mol. The second kappa shape index (κ2) is 2.48. The molecule has 0 unspecified atom stereocenters. The average molecular weight is 201 g/mol. The average Bonchev–Trinajstić information content (AvgIpc) is 2.99. The van der Waals surface area contributed by atoms with E-state index >= 15 is 0 Å². The zero-order valence-corrected chi connectivity index (χ0v) is 8.46. The summed E-state index contributed by atoms with van der Waals surface area (Å²) < 4.78 is 25.5. The van der Waals surface area contributed by atoms with Gasteiger partial charge in [-0.15, -0.1) is 0 Å². The lowest BCUT2D eigenvalue weighted by Gasteiger charge is -2.02. The molecule has 0 N–H and O–H groups in total. The van der Waals surface area contributed by atoms with Crippen LogP contribution in [0.2, 0.25) is 0 Å². The summed E-state index contributed by atoms with van der Waals surface area (Å²) in [7, 11) is -2.84. The van der Waals surface area contributed by atoms with Gasteiger partial charge in [0, 0.05) is 12.1 Å². The minimum atomic E-state index is -2.84. The molecule has 0 radical (unpaired) electrons. The molecule has 3 rings (SSSR count). The first kappa shape index (κ1) is 8.24. The van der Waals surface area contributed by atoms with E-state index in [0.717, 1.165) is 25.7 Å². The van der Waals surface area contributed by atoms with Crippen LogP contribution in [-0.2, 0) is 10.0 Å². The molecule has 74 valence electrons. The Bertz CT molecular complexity index is 309. The lowest BCUT2D eigenvalue weighted by atomic mass is 10.0. The van der Waals surface area contributed by atoms with Gasteiger partial charge in [-0.25, -0.2) is 8.42 Å². The Hall–Kier alpha value is -0.0900. The molecule has 3 fully saturated rings. The molecular formula is C9H15NO2S. The van der Waals surface area contributed by atoms with E-state index in [2.05, 4.69) is 0 Å². The number of hydrogen-bond acceptors (Lipinski definition) is 2. The molecule has 13 heavy (non-hydrogen) atoms. The number of rotatable bonds is 2. The van der Waals surface area contributed by atoms with Crippen LogP contribution >= 0.6 is 0 Å². The Balaban J connectivity index is 1.80. The molecule has 0 aromatic heterocycles. The van der Waals surface area contributed by atoms with E-state index in [-0.39, 0.29) is 5.25 Å². The summed E-state index contributed by atoms with van der Waals surface area (Å²) in [6, 6.07) is 0.804. The van der Waals surface area contributed by atoms with E-state index in [0.29, 0.717) is 12.1 Å². The van der Waals surface area contributed by atoms with Crippen molar-refractivity contribution >= 4 is 10.0 Å². The maximum absolute atomic E-state index is 11.8. The fourth-order valence-electron chi connectivity index (χ4n) is 2.57. The van der Waals surface area contributed by atoms with Gasteiger partial charge in [-0.2, -0.15) is 4.31 Å². The Morgan fingerprint density at radius 3 is 1.92 bits per heavy atom. The monoisotopic (exact) mass is 201 g/mol. The number of fused-ring (bicyclic) bond motifs is 1. The quantitative estimate of drug-likeness (QED) is 0.627. The summed E-state index contributed by atoms with van der Waals surface area (Å²) in [6.45, 7) is 0. The van der Waals surface area contributed by atoms with Crippen LogP contribution in [0.25, 0.3) is 0 Å². The van der Waals surface area contributed by atoms with Gasteiger partial charge in [0.2, 0.25) is 10.0 Å². The highest BCUT2D eigenvalue weighted by Crippen LogP contribution is 2.47. The van der Waals surface area contributed by atoms with Gasteiger partial charge in [0.05, 0.1) is 5.25 Å². The van der Waals surface area contributed by atoms with Crippen molar-refractivity contribution in [2.75, 3.05) is 0 Å². The Kier molecular flexibility index (Phi) is 1.57. The number of nitrogens with zero attached hydrogens (tertiary/aromatic N) is 1. The Morgan fingerprint density at radius 1 is 0.923 bits per heavy atom. The zero-order chi connectivity index (χ0) is 9.05. The third-order valence-electron chi connectivity index (χ3n) is 3.50. The van der Waals surface area contributed by atoms with E-state index in [1.807, 2.05) is 0 Å². The van der Waals surface area contributed by atoms with Crippen molar-refractivity contribution in [3.8, 4) is 0 Å². The summed E-state index contributed by atoms with van der Waals surface area (Å²) in [4.78, 5) is 0. The molecule has 0 aromatic carbocycles. The van der Waals surface area contributed by atoms with Crippen LogP contribution in [0.4, 0.5) is 0 Å². The van der Waals surface area contributed by atoms with Crippen molar-refractivity contribution in [2.45, 2.75) is 55.9 Å². The first-order valence-corrected chi connectivity index (χ1v) is 6.74. The predicted octanol–water partition coefficient (Wildman–Crippen LogP) is 1.11. The van der Waals surface area contributed by atoms with Crippen molar-refractivity contribution < 1.29 is 8.42 Å². The molecule has 0 bridgehead atoms. The molecule has 0 spiro atoms. The van der Waals surface area contributed by atoms with Crippen molar-refractivity contribution in [3.05, 3.63) is 0 Å². The maximum Gasteiger partial charge on any atom is 0.217 e. The lowest BCUT2D eigenvalue weighted by Crippen LogP contribution is -2.19. The second-order valence-corrected chi connectivity index (χ2v) is 6.61. The Morgan fingerprint density at radius 2 is 1.46 bits per heavy atom. The molecule has 1 heterocycles. The maximum atomic E-state index is 11.8. The van der Waals surface area contributed by atoms with Crippen molar-refractivity contribution in [1.29, 1.82) is 0 Å². The van der Waals surface area contributed by atoms with Crippen LogP contribution < -0.4 is 0 Å². The fraction of sp³-hybridized carbons (Fsp3) is 1.00. The van der Waals surface area contributed by atoms with Crippen LogP contribution in [0.1, 0.15) is 38.5 Å². The van der Waals surface area contributed by atoms with Crippen molar-refractivity contribution in [2.24, 2.45) is 0 Å². The van der Waals surface area contributed by atoms with Crippen LogP contribution in [0, 0.1) is 0 Å². The van der Waals surface area contributed by atoms with Gasteiger partial charge in [-0.05, 0) is 25.7 Å². The van der Waals surface area contributed by atoms with Gasteiger partial charge in [-0.1, -0.05) is 12.8 Å². The summed E-state index contributed by atoms with van der Waals surface area (Å²) >= 11 is 0. The van der Waals surface area contributed by atoms with E-state index in [1.165, 1.54) is 12.8 Å². The first-order valence-electron chi connectivity index (χ1n) is 5.23. The first-order chi connectivity index (χ1) is 6.21. The van der Waals surface area contributed by atoms with Gasteiger partial charge >= 0.3 is 0 Å². The second-order valence-electron chi connectivity index (χ2n) is 4.49. The summed E-state index contributed by atoms with van der Waals surface area (Å²) in [5.74, 6) is 0. The largest absolute Gasteiger partial charge is 0.217 e. The molecule has 0 aromatic rings. The van der Waals surface area contributed by atoms with Crippen LogP contribution in [-0.4, -0.2) is 30.1 Å². The molecule has 2 atom stereocenters. The van der Waals surface area contributed by atoms with Crippen LogP contribution in [0.5, 0.6) is 0 Å². The normalized spacial score (nSPS) is 44.2. The number of hydrogen-bond donors (Lipinski definition) is 0. The van der Waals surface area contributed by atoms with Crippen LogP contribution in [0.15, 0.2) is 0 Å². The summed E-state index contributed by atoms with van der Waals surface area (Å²) in [6.07, 6.45) is 6.46. The molecule has 4 heteroatoms. The van der Waals surface area contributed by atoms with Crippen molar-refractivity contribution in [1.82, 2.24) is 4.31 Å². The highest BCUT2D eigenvalue weighted by Gasteiger charge is 2.58. The van der Waals surface area contributed by atoms with Gasteiger partial charge in [0.1, 0.15) is 0 Å². The SMILES string of the molecule is O=S(=O)(C1CC1)N1[C@H]2CCCC[C@@H]21. The van der Waals surface area contributed by atoms with E-state index in [4.69, 9.17) is 0 Å². The smallest absolute Gasteiger partial charge is 0.212 e. The molecule has 3 aliphatic rings. The molecule has 2 aliphatic carbocycles. The van der Waals surface area contributed by atoms with Gasteiger partial charge in [0.15, 0.2) is 0 Å². The van der Waals surface area contributed by atoms with Crippen LogP contribution in [0.3, 0.4) is 0 Å². The topological polar surface area (TPSA) is 37.1 Å². The third kappa shape index (κ3) is 1.15. The summed E-state index contributed by atoms with van der Waals surface area (Å²) in [5.41, 5.74) is 0. The standard InChI is InChI=1S/C9H15NO2S/c11-13(12,7-5-6-7)10-8-3-1-2-4-9(8)10/h7-9H,1-6H2/t8-,9-/m0/s1. The highest BCUT2D eigenvalue weighted by molar-refractivity contribution is 7.90. The van der Waals surface area contributed by atoms with E-state index < -0.39 is 10.0 Å². The van der Waals surface area contributed by atoms with Gasteiger partial charge in [0.25, 0.3) is 0 Å². The molecular weight excluding hydrogens is 186 g/mol. The number of sulfonamides is 1. The molecule has 3 nitrogen and oxygen atoms in total. The van der Waals surface area contributed by atoms with Crippen molar-refractivity contribution in [3.63, 3.8) is 0 Å². The fourth-order valence-corrected chi connectivity index (χ4v) is 4.84. The Labute approximate surface area is 79.2 Å². The minimum Gasteiger partial charge on any atom is -0.212 e. The minimum absolute atomic E-state index is 0.00176. The highest BCUT2D eigenvalue weighted by atomic mass is 32.2. The third-order valence-corrected chi connectivity index (χ3v) is 5.94. The molecule has 0 amide bonds. The molecule has 2 saturated carbocycles. The molecule has 1 saturated heterocycles. The summed E-state index contributed by atoms with van der Waals surface area (Å²) in [5, 5.41) is -0.00176. The van der Waals surface area contributed by atoms with Gasteiger partial charge < -0.3 is 0 Å². The van der Waals surface area contributed by atoms with E-state index in [1.54, 1.807) is 4.31 Å².